The van der Waals surface area contributed by atoms with Gasteiger partial charge in [0, 0.05) is 6.61 Å². The summed E-state index contributed by atoms with van der Waals surface area (Å²) in [6, 6.07) is 6.38. The van der Waals surface area contributed by atoms with Gasteiger partial charge in [-0.1, -0.05) is 12.1 Å². The van der Waals surface area contributed by atoms with Gasteiger partial charge >= 0.3 is 5.97 Å². The Kier molecular flexibility index (Phi) is 3.94. The number of carbonyl (C=O) groups excluding carboxylic acids is 1. The predicted molar refractivity (Wildman–Crippen MR) is 65.6 cm³/mol. The summed E-state index contributed by atoms with van der Waals surface area (Å²) in [5.41, 5.74) is 0.433. The molecular weight excluding hydrogens is 234 g/mol. The number of aromatic carboxylic acids is 1. The molecule has 1 amide bonds. The summed E-state index contributed by atoms with van der Waals surface area (Å²) < 4.78 is 5.24. The van der Waals surface area contributed by atoms with E-state index < -0.39 is 5.97 Å². The molecule has 1 atom stereocenters. The van der Waals surface area contributed by atoms with Crippen molar-refractivity contribution in [1.82, 2.24) is 0 Å². The van der Waals surface area contributed by atoms with Crippen LogP contribution in [0.2, 0.25) is 0 Å². The number of carboxylic acid groups (broad SMARTS) is 1. The van der Waals surface area contributed by atoms with Gasteiger partial charge in [0.2, 0.25) is 5.91 Å². The predicted octanol–water partition coefficient (Wildman–Crippen LogP) is 1.75. The van der Waals surface area contributed by atoms with Crippen LogP contribution in [0.15, 0.2) is 24.3 Å². The fourth-order valence-electron chi connectivity index (χ4n) is 1.96. The Bertz CT molecular complexity index is 452. The van der Waals surface area contributed by atoms with Crippen LogP contribution >= 0.6 is 0 Å². The first-order valence-electron chi connectivity index (χ1n) is 5.89. The maximum atomic E-state index is 12.0. The second-order valence-electron chi connectivity index (χ2n) is 4.25. The summed E-state index contributed by atoms with van der Waals surface area (Å²) in [5.74, 6) is -1.42. The molecule has 0 bridgehead atoms. The zero-order valence-electron chi connectivity index (χ0n) is 9.89. The van der Waals surface area contributed by atoms with Crippen molar-refractivity contribution in [2.24, 2.45) is 5.92 Å². The minimum absolute atomic E-state index is 0.0996. The number of para-hydroxylation sites is 1. The molecule has 1 aliphatic heterocycles. The smallest absolute Gasteiger partial charge is 0.337 e. The number of nitrogens with one attached hydrogen (secondary N) is 1. The van der Waals surface area contributed by atoms with Gasteiger partial charge in [-0.3, -0.25) is 4.79 Å². The Morgan fingerprint density at radius 3 is 2.78 bits per heavy atom. The van der Waals surface area contributed by atoms with Crippen LogP contribution in [-0.2, 0) is 9.53 Å². The summed E-state index contributed by atoms with van der Waals surface area (Å²) >= 11 is 0. The van der Waals surface area contributed by atoms with Crippen LogP contribution in [0.4, 0.5) is 5.69 Å². The van der Waals surface area contributed by atoms with Crippen molar-refractivity contribution in [3.05, 3.63) is 29.8 Å². The molecule has 1 saturated heterocycles. The number of anilines is 1. The van der Waals surface area contributed by atoms with E-state index in [9.17, 15) is 9.59 Å². The van der Waals surface area contributed by atoms with Crippen molar-refractivity contribution in [2.75, 3.05) is 18.5 Å². The molecule has 18 heavy (non-hydrogen) atoms. The largest absolute Gasteiger partial charge is 0.478 e. The maximum absolute atomic E-state index is 12.0. The van der Waals surface area contributed by atoms with E-state index in [2.05, 4.69) is 5.32 Å². The van der Waals surface area contributed by atoms with E-state index in [0.717, 1.165) is 12.8 Å². The third kappa shape index (κ3) is 2.87. The molecule has 2 rings (SSSR count). The van der Waals surface area contributed by atoms with E-state index in [0.29, 0.717) is 18.9 Å². The average molecular weight is 249 g/mol. The van der Waals surface area contributed by atoms with Gasteiger partial charge in [0.1, 0.15) is 0 Å². The van der Waals surface area contributed by atoms with Gasteiger partial charge in [-0.05, 0) is 25.0 Å². The molecule has 96 valence electrons. The Hall–Kier alpha value is -1.88. The molecule has 5 heteroatoms. The number of hydrogen-bond donors (Lipinski definition) is 2. The molecule has 2 N–H and O–H groups in total. The normalized spacial score (nSPS) is 19.2. The van der Waals surface area contributed by atoms with Crippen molar-refractivity contribution in [1.29, 1.82) is 0 Å². The highest BCUT2D eigenvalue weighted by atomic mass is 16.5. The van der Waals surface area contributed by atoms with Crippen molar-refractivity contribution in [3.8, 4) is 0 Å². The highest BCUT2D eigenvalue weighted by Gasteiger charge is 2.23. The monoisotopic (exact) mass is 249 g/mol. The van der Waals surface area contributed by atoms with Gasteiger partial charge < -0.3 is 15.2 Å². The highest BCUT2D eigenvalue weighted by Crippen LogP contribution is 2.19. The standard InChI is InChI=1S/C13H15NO4/c15-12(9-4-3-7-18-8-9)14-11-6-2-1-5-10(11)13(16)17/h1-2,5-6,9H,3-4,7-8H2,(H,14,15)(H,16,17). The quantitative estimate of drug-likeness (QED) is 0.855. The molecule has 0 aromatic heterocycles. The fraction of sp³-hybridized carbons (Fsp3) is 0.385. The summed E-state index contributed by atoms with van der Waals surface area (Å²) in [6.07, 6.45) is 1.64. The number of carbonyl (C=O) groups is 2. The number of hydrogen-bond acceptors (Lipinski definition) is 3. The lowest BCUT2D eigenvalue weighted by atomic mass is 10.0. The van der Waals surface area contributed by atoms with Crippen LogP contribution in [0.25, 0.3) is 0 Å². The lowest BCUT2D eigenvalue weighted by Crippen LogP contribution is -2.30. The third-order valence-electron chi connectivity index (χ3n) is 2.95. The van der Waals surface area contributed by atoms with Crippen molar-refractivity contribution in [3.63, 3.8) is 0 Å². The van der Waals surface area contributed by atoms with E-state index >= 15 is 0 Å². The summed E-state index contributed by atoms with van der Waals surface area (Å²) in [4.78, 5) is 23.0. The molecule has 1 fully saturated rings. The van der Waals surface area contributed by atoms with Crippen LogP contribution in [-0.4, -0.2) is 30.2 Å². The Morgan fingerprint density at radius 1 is 1.33 bits per heavy atom. The summed E-state index contributed by atoms with van der Waals surface area (Å²) in [6.45, 7) is 1.09. The zero-order valence-corrected chi connectivity index (χ0v) is 9.89. The number of benzene rings is 1. The van der Waals surface area contributed by atoms with Crippen LogP contribution in [0, 0.1) is 5.92 Å². The molecule has 1 aromatic carbocycles. The minimum atomic E-state index is -1.05. The van der Waals surface area contributed by atoms with Gasteiger partial charge in [0.05, 0.1) is 23.8 Å². The van der Waals surface area contributed by atoms with E-state index in [-0.39, 0.29) is 17.4 Å². The van der Waals surface area contributed by atoms with Crippen LogP contribution < -0.4 is 5.32 Å². The fourth-order valence-corrected chi connectivity index (χ4v) is 1.96. The molecule has 0 radical (unpaired) electrons. The molecular formula is C13H15NO4. The van der Waals surface area contributed by atoms with Gasteiger partial charge in [0.15, 0.2) is 0 Å². The number of rotatable bonds is 3. The lowest BCUT2D eigenvalue weighted by Gasteiger charge is -2.21. The van der Waals surface area contributed by atoms with Gasteiger partial charge in [-0.25, -0.2) is 4.79 Å². The van der Waals surface area contributed by atoms with E-state index in [1.54, 1.807) is 18.2 Å². The maximum Gasteiger partial charge on any atom is 0.337 e. The first-order valence-corrected chi connectivity index (χ1v) is 5.89. The molecule has 0 spiro atoms. The third-order valence-corrected chi connectivity index (χ3v) is 2.95. The Labute approximate surface area is 105 Å². The molecule has 0 saturated carbocycles. The second-order valence-corrected chi connectivity index (χ2v) is 4.25. The summed E-state index contributed by atoms with van der Waals surface area (Å²) in [5, 5.41) is 11.7. The van der Waals surface area contributed by atoms with Crippen molar-refractivity contribution >= 4 is 17.6 Å². The van der Waals surface area contributed by atoms with Crippen LogP contribution in [0.3, 0.4) is 0 Å². The van der Waals surface area contributed by atoms with Crippen molar-refractivity contribution in [2.45, 2.75) is 12.8 Å². The number of carboxylic acids is 1. The van der Waals surface area contributed by atoms with E-state index in [1.165, 1.54) is 6.07 Å². The second kappa shape index (κ2) is 5.64. The van der Waals surface area contributed by atoms with Crippen LogP contribution in [0.5, 0.6) is 0 Å². The molecule has 1 heterocycles. The van der Waals surface area contributed by atoms with Gasteiger partial charge in [-0.2, -0.15) is 0 Å². The molecule has 1 aromatic rings. The van der Waals surface area contributed by atoms with E-state index in [4.69, 9.17) is 9.84 Å². The zero-order chi connectivity index (χ0) is 13.0. The van der Waals surface area contributed by atoms with Gasteiger partial charge in [0.25, 0.3) is 0 Å². The molecule has 5 nitrogen and oxygen atoms in total. The average Bonchev–Trinajstić information content (AvgIpc) is 2.40. The Balaban J connectivity index is 2.08. The Morgan fingerprint density at radius 2 is 2.11 bits per heavy atom. The highest BCUT2D eigenvalue weighted by molar-refractivity contribution is 6.01. The number of amides is 1. The number of ether oxygens (including phenoxy) is 1. The topological polar surface area (TPSA) is 75.6 Å². The van der Waals surface area contributed by atoms with Crippen molar-refractivity contribution < 1.29 is 19.4 Å². The first kappa shape index (κ1) is 12.6. The SMILES string of the molecule is O=C(O)c1ccccc1NC(=O)C1CCCOC1. The van der Waals surface area contributed by atoms with Crippen LogP contribution in [0.1, 0.15) is 23.2 Å². The first-order chi connectivity index (χ1) is 8.68. The van der Waals surface area contributed by atoms with E-state index in [1.807, 2.05) is 0 Å². The minimum Gasteiger partial charge on any atom is -0.478 e. The molecule has 0 aliphatic carbocycles. The molecule has 1 aliphatic rings. The summed E-state index contributed by atoms with van der Waals surface area (Å²) in [7, 11) is 0. The molecule has 1 unspecified atom stereocenters. The van der Waals surface area contributed by atoms with Gasteiger partial charge in [-0.15, -0.1) is 0 Å². The lowest BCUT2D eigenvalue weighted by molar-refractivity contribution is -0.123.